The van der Waals surface area contributed by atoms with Gasteiger partial charge in [0.2, 0.25) is 11.8 Å². The van der Waals surface area contributed by atoms with Crippen molar-refractivity contribution in [2.45, 2.75) is 18.8 Å². The van der Waals surface area contributed by atoms with Crippen LogP contribution in [0.3, 0.4) is 0 Å². The number of aromatic nitrogens is 2. The lowest BCUT2D eigenvalue weighted by Crippen LogP contribution is -2.37. The van der Waals surface area contributed by atoms with Crippen molar-refractivity contribution in [3.05, 3.63) is 46.9 Å². The van der Waals surface area contributed by atoms with Crippen LogP contribution in [0.15, 0.2) is 44.1 Å². The molecule has 1 fully saturated rings. The highest BCUT2D eigenvalue weighted by Crippen LogP contribution is 2.30. The molecule has 7 heteroatoms. The van der Waals surface area contributed by atoms with Crippen LogP contribution >= 0.6 is 11.3 Å². The Morgan fingerprint density at radius 3 is 2.83 bits per heavy atom. The van der Waals surface area contributed by atoms with Gasteiger partial charge in [-0.1, -0.05) is 0 Å². The van der Waals surface area contributed by atoms with Crippen LogP contribution in [-0.2, 0) is 0 Å². The van der Waals surface area contributed by atoms with Crippen LogP contribution in [0.2, 0.25) is 0 Å². The highest BCUT2D eigenvalue weighted by molar-refractivity contribution is 7.08. The molecule has 23 heavy (non-hydrogen) atoms. The minimum Gasteiger partial charge on any atom is -0.459 e. The average molecular weight is 329 g/mol. The molecular formula is C16H15N3O3S. The van der Waals surface area contributed by atoms with Gasteiger partial charge in [0.05, 0.1) is 6.26 Å². The second-order valence-corrected chi connectivity index (χ2v) is 6.28. The normalized spacial score (nSPS) is 15.9. The van der Waals surface area contributed by atoms with E-state index in [1.54, 1.807) is 23.5 Å². The molecule has 1 aliphatic rings. The Kier molecular flexibility index (Phi) is 3.70. The van der Waals surface area contributed by atoms with E-state index >= 15 is 0 Å². The molecule has 3 aromatic rings. The molecule has 4 rings (SSSR count). The number of nitrogens with zero attached hydrogens (tertiary/aromatic N) is 3. The zero-order valence-electron chi connectivity index (χ0n) is 12.3. The summed E-state index contributed by atoms with van der Waals surface area (Å²) < 4.78 is 11.0. The molecule has 3 aromatic heterocycles. The van der Waals surface area contributed by atoms with Crippen LogP contribution in [0, 0.1) is 0 Å². The van der Waals surface area contributed by atoms with E-state index in [0.717, 1.165) is 18.4 Å². The fourth-order valence-corrected chi connectivity index (χ4v) is 3.42. The first-order chi connectivity index (χ1) is 11.3. The van der Waals surface area contributed by atoms with Crippen molar-refractivity contribution in [2.24, 2.45) is 0 Å². The zero-order valence-corrected chi connectivity index (χ0v) is 13.2. The Morgan fingerprint density at radius 2 is 2.13 bits per heavy atom. The zero-order chi connectivity index (χ0) is 15.6. The molecule has 0 N–H and O–H groups in total. The predicted molar refractivity (Wildman–Crippen MR) is 84.2 cm³/mol. The number of furan rings is 1. The standard InChI is InChI=1S/C16H15N3O3S/c20-16(13-2-1-8-21-13)19-6-3-11(4-7-19)14-17-18-15(22-14)12-5-9-23-10-12/h1-2,5,8-11H,3-4,6-7H2. The van der Waals surface area contributed by atoms with E-state index < -0.39 is 0 Å². The van der Waals surface area contributed by atoms with E-state index in [1.165, 1.54) is 6.26 Å². The number of hydrogen-bond acceptors (Lipinski definition) is 6. The van der Waals surface area contributed by atoms with E-state index in [-0.39, 0.29) is 11.8 Å². The van der Waals surface area contributed by atoms with Crippen LogP contribution in [0.5, 0.6) is 0 Å². The van der Waals surface area contributed by atoms with Crippen LogP contribution in [0.1, 0.15) is 35.2 Å². The number of likely N-dealkylation sites (tertiary alicyclic amines) is 1. The van der Waals surface area contributed by atoms with Gasteiger partial charge in [-0.3, -0.25) is 4.79 Å². The fraction of sp³-hybridized carbons (Fsp3) is 0.312. The molecule has 1 saturated heterocycles. The van der Waals surface area contributed by atoms with Gasteiger partial charge in [0.15, 0.2) is 5.76 Å². The first-order valence-corrected chi connectivity index (χ1v) is 8.44. The third kappa shape index (κ3) is 2.79. The minimum atomic E-state index is -0.0575. The van der Waals surface area contributed by atoms with Gasteiger partial charge in [0.25, 0.3) is 5.91 Å². The lowest BCUT2D eigenvalue weighted by atomic mass is 9.96. The summed E-state index contributed by atoms with van der Waals surface area (Å²) in [4.78, 5) is 14.1. The largest absolute Gasteiger partial charge is 0.459 e. The average Bonchev–Trinajstić information content (AvgIpc) is 3.36. The molecular weight excluding hydrogens is 314 g/mol. The second-order valence-electron chi connectivity index (χ2n) is 5.50. The Labute approximate surface area is 136 Å². The summed E-state index contributed by atoms with van der Waals surface area (Å²) in [5.41, 5.74) is 0.958. The van der Waals surface area contributed by atoms with E-state index in [2.05, 4.69) is 10.2 Å². The fourth-order valence-electron chi connectivity index (χ4n) is 2.79. The third-order valence-corrected chi connectivity index (χ3v) is 4.76. The van der Waals surface area contributed by atoms with Gasteiger partial charge in [0.1, 0.15) is 0 Å². The maximum absolute atomic E-state index is 12.2. The van der Waals surface area contributed by atoms with Crippen molar-refractivity contribution in [1.29, 1.82) is 0 Å². The third-order valence-electron chi connectivity index (χ3n) is 4.07. The molecule has 0 saturated carbocycles. The number of amides is 1. The molecule has 0 atom stereocenters. The predicted octanol–water partition coefficient (Wildman–Crippen LogP) is 3.41. The molecule has 0 unspecified atom stereocenters. The van der Waals surface area contributed by atoms with Gasteiger partial charge in [-0.15, -0.1) is 10.2 Å². The van der Waals surface area contributed by atoms with E-state index in [4.69, 9.17) is 8.83 Å². The maximum atomic E-state index is 12.2. The summed E-state index contributed by atoms with van der Waals surface area (Å²) in [6.45, 7) is 1.33. The Balaban J connectivity index is 1.41. The lowest BCUT2D eigenvalue weighted by Gasteiger charge is -2.29. The van der Waals surface area contributed by atoms with Gasteiger partial charge in [0, 0.05) is 30.0 Å². The summed E-state index contributed by atoms with van der Waals surface area (Å²) in [7, 11) is 0. The van der Waals surface area contributed by atoms with Gasteiger partial charge in [-0.05, 0) is 36.4 Å². The summed E-state index contributed by atoms with van der Waals surface area (Å²) in [5.74, 6) is 1.76. The molecule has 0 spiro atoms. The smallest absolute Gasteiger partial charge is 0.289 e. The first kappa shape index (κ1) is 14.2. The van der Waals surface area contributed by atoms with Gasteiger partial charge < -0.3 is 13.7 Å². The topological polar surface area (TPSA) is 72.4 Å². The van der Waals surface area contributed by atoms with Gasteiger partial charge in [-0.2, -0.15) is 11.3 Å². The molecule has 4 heterocycles. The number of hydrogen-bond donors (Lipinski definition) is 0. The highest BCUT2D eigenvalue weighted by Gasteiger charge is 2.28. The Morgan fingerprint density at radius 1 is 1.26 bits per heavy atom. The van der Waals surface area contributed by atoms with Crippen LogP contribution in [-0.4, -0.2) is 34.1 Å². The van der Waals surface area contributed by atoms with Crippen LogP contribution < -0.4 is 0 Å². The summed E-state index contributed by atoms with van der Waals surface area (Å²) >= 11 is 1.60. The Bertz CT molecular complexity index is 771. The van der Waals surface area contributed by atoms with Crippen LogP contribution in [0.4, 0.5) is 0 Å². The number of thiophene rings is 1. The number of piperidine rings is 1. The second kappa shape index (κ2) is 6.00. The molecule has 6 nitrogen and oxygen atoms in total. The SMILES string of the molecule is O=C(c1ccco1)N1CCC(c2nnc(-c3ccsc3)o2)CC1. The van der Waals surface area contributed by atoms with E-state index in [9.17, 15) is 4.79 Å². The molecule has 0 aliphatic carbocycles. The van der Waals surface area contributed by atoms with Crippen molar-refractivity contribution in [3.8, 4) is 11.5 Å². The lowest BCUT2D eigenvalue weighted by molar-refractivity contribution is 0.0674. The molecule has 0 aromatic carbocycles. The summed E-state index contributed by atoms with van der Waals surface area (Å²) in [5, 5.41) is 12.3. The van der Waals surface area contributed by atoms with Crippen LogP contribution in [0.25, 0.3) is 11.5 Å². The maximum Gasteiger partial charge on any atom is 0.289 e. The van der Waals surface area contributed by atoms with Crippen molar-refractivity contribution in [3.63, 3.8) is 0 Å². The van der Waals surface area contributed by atoms with Gasteiger partial charge in [-0.25, -0.2) is 0 Å². The summed E-state index contributed by atoms with van der Waals surface area (Å²) in [6.07, 6.45) is 3.15. The van der Waals surface area contributed by atoms with Crippen molar-refractivity contribution in [2.75, 3.05) is 13.1 Å². The number of carbonyl (C=O) groups is 1. The molecule has 118 valence electrons. The van der Waals surface area contributed by atoms with E-state index in [1.807, 2.05) is 21.7 Å². The first-order valence-electron chi connectivity index (χ1n) is 7.50. The quantitative estimate of drug-likeness (QED) is 0.736. The number of rotatable bonds is 3. The molecule has 0 radical (unpaired) electrons. The molecule has 0 bridgehead atoms. The van der Waals surface area contributed by atoms with Crippen molar-refractivity contribution >= 4 is 17.2 Å². The van der Waals surface area contributed by atoms with Crippen molar-refractivity contribution in [1.82, 2.24) is 15.1 Å². The Hall–Kier alpha value is -2.41. The monoisotopic (exact) mass is 329 g/mol. The number of carbonyl (C=O) groups excluding carboxylic acids is 1. The van der Waals surface area contributed by atoms with E-state index in [0.29, 0.717) is 30.6 Å². The molecule has 1 aliphatic heterocycles. The summed E-state index contributed by atoms with van der Waals surface area (Å²) in [6, 6.07) is 5.39. The molecule has 1 amide bonds. The highest BCUT2D eigenvalue weighted by atomic mass is 32.1. The van der Waals surface area contributed by atoms with Crippen molar-refractivity contribution < 1.29 is 13.6 Å². The van der Waals surface area contributed by atoms with Gasteiger partial charge >= 0.3 is 0 Å². The minimum absolute atomic E-state index is 0.0575.